The maximum atomic E-state index is 13.6. The molecule has 2 saturated heterocycles. The first-order chi connectivity index (χ1) is 28.2. The number of anilines is 1. The number of rotatable bonds is 14. The van der Waals surface area contributed by atoms with Crippen LogP contribution in [-0.2, 0) is 9.53 Å². The predicted octanol–water partition coefficient (Wildman–Crippen LogP) is -0.125. The Kier molecular flexibility index (Phi) is 11.7. The number of phenolic OH excluding ortho intramolecular Hbond substituents is 2. The molecule has 0 aliphatic carbocycles. The molecule has 0 bridgehead atoms. The highest BCUT2D eigenvalue weighted by atomic mass is 16.7. The van der Waals surface area contributed by atoms with E-state index in [4.69, 9.17) is 29.1 Å². The van der Waals surface area contributed by atoms with Crippen LogP contribution >= 0.6 is 0 Å². The average molecular weight is 823 g/mol. The van der Waals surface area contributed by atoms with Crippen LogP contribution in [-0.4, -0.2) is 119 Å². The van der Waals surface area contributed by atoms with Crippen molar-refractivity contribution in [3.05, 3.63) is 94.3 Å². The molecule has 9 atom stereocenters. The van der Waals surface area contributed by atoms with E-state index >= 15 is 0 Å². The number of carboxylic acids is 1. The number of phenols is 2. The van der Waals surface area contributed by atoms with Crippen LogP contribution < -0.4 is 36.0 Å². The first-order valence-electron chi connectivity index (χ1n) is 18.2. The number of carboxylic acid groups (broad SMARTS) is 1. The highest BCUT2D eigenvalue weighted by Crippen LogP contribution is 2.46. The molecule has 314 valence electrons. The zero-order chi connectivity index (χ0) is 42.2. The van der Waals surface area contributed by atoms with Gasteiger partial charge >= 0.3 is 5.97 Å². The molecule has 5 aromatic rings. The summed E-state index contributed by atoms with van der Waals surface area (Å²) >= 11 is 0. The topological polar surface area (TPSA) is 332 Å². The van der Waals surface area contributed by atoms with Gasteiger partial charge in [-0.25, -0.2) is 4.79 Å². The maximum absolute atomic E-state index is 13.6. The zero-order valence-electron chi connectivity index (χ0n) is 30.8. The van der Waals surface area contributed by atoms with E-state index in [2.05, 4.69) is 15.6 Å². The lowest BCUT2D eigenvalue weighted by Gasteiger charge is -2.47. The largest absolute Gasteiger partial charge is 0.508 e. The third-order valence-corrected chi connectivity index (χ3v) is 10.1. The Morgan fingerprint density at radius 3 is 2.42 bits per heavy atom. The minimum atomic E-state index is -2.51. The van der Waals surface area contributed by atoms with Gasteiger partial charge in [-0.3, -0.25) is 4.79 Å². The van der Waals surface area contributed by atoms with Gasteiger partial charge in [-0.2, -0.15) is 0 Å². The molecule has 0 spiro atoms. The van der Waals surface area contributed by atoms with Crippen LogP contribution in [0.5, 0.6) is 28.7 Å². The van der Waals surface area contributed by atoms with E-state index in [1.165, 1.54) is 42.5 Å². The third-order valence-electron chi connectivity index (χ3n) is 10.1. The van der Waals surface area contributed by atoms with Gasteiger partial charge in [-0.15, -0.1) is 0 Å². The molecule has 0 saturated carbocycles. The quantitative estimate of drug-likeness (QED) is 0.0649. The second-order valence-electron chi connectivity index (χ2n) is 14.1. The molecule has 20 heteroatoms. The fourth-order valence-electron chi connectivity index (χ4n) is 7.07. The molecule has 2 aromatic heterocycles. The molecule has 2 aliphatic rings. The molecule has 14 N–H and O–H groups in total. The molecule has 2 aliphatic heterocycles. The Bertz CT molecular complexity index is 2350. The third kappa shape index (κ3) is 8.34. The molecule has 59 heavy (non-hydrogen) atoms. The summed E-state index contributed by atoms with van der Waals surface area (Å²) < 4.78 is 28.9. The van der Waals surface area contributed by atoms with Gasteiger partial charge in [-0.1, -0.05) is 12.1 Å². The van der Waals surface area contributed by atoms with Crippen LogP contribution in [0.1, 0.15) is 30.1 Å². The minimum absolute atomic E-state index is 0.00513. The van der Waals surface area contributed by atoms with E-state index in [0.717, 1.165) is 18.2 Å². The van der Waals surface area contributed by atoms with Crippen molar-refractivity contribution in [1.29, 1.82) is 0 Å². The van der Waals surface area contributed by atoms with Crippen LogP contribution in [0.3, 0.4) is 0 Å². The second kappa shape index (κ2) is 16.7. The SMILES string of the molecule is Nc1ccc(C(O)C(CO)Oc2ccc(-c3cc(=O)c4c(O)c(OC(O)c5cccc(O)c5)c(OC5OC(C(=O)O)C(O)(CC6CNCN6)C(O)C5O)cc4o3)cc2)[nH]1. The number of hydrogen-bond donors (Lipinski definition) is 13. The summed E-state index contributed by atoms with van der Waals surface area (Å²) in [5.41, 5.74) is 2.69. The predicted molar refractivity (Wildman–Crippen MR) is 203 cm³/mol. The number of aliphatic hydroxyl groups is 6. The summed E-state index contributed by atoms with van der Waals surface area (Å²) in [6, 6.07) is 15.9. The number of nitrogens with one attached hydrogen (secondary N) is 3. The maximum Gasteiger partial charge on any atom is 0.336 e. The number of nitrogens with two attached hydrogens (primary N) is 1. The molecule has 0 radical (unpaired) electrons. The summed E-state index contributed by atoms with van der Waals surface area (Å²) in [4.78, 5) is 28.8. The first kappa shape index (κ1) is 41.2. The number of carbonyl (C=O) groups is 1. The summed E-state index contributed by atoms with van der Waals surface area (Å²) in [5, 5.41) is 103. The summed E-state index contributed by atoms with van der Waals surface area (Å²) in [7, 11) is 0. The molecule has 4 heterocycles. The van der Waals surface area contributed by atoms with Crippen molar-refractivity contribution in [3.8, 4) is 40.1 Å². The van der Waals surface area contributed by atoms with Gasteiger partial charge in [0.25, 0.3) is 0 Å². The standard InChI is InChI=1S/C39H42N4O16/c40-28-9-8-22(43-28)30(47)27(15-44)55-21-6-4-17(5-7-21)24-11-23(46)29-25(56-24)12-26(33(31(29)48)58-37(53)18-2-1-3-20(45)10-18)57-38-32(49)34(50)39(54,35(59-38)36(51)52)13-19-14-41-16-42-19/h1-12,19,27,30,32,34-35,37-38,41-45,47-50,53-54H,13-16,40H2,(H,51,52). The van der Waals surface area contributed by atoms with Gasteiger partial charge in [0.05, 0.1) is 6.61 Å². The molecule has 3 aromatic carbocycles. The number of fused-ring (bicyclic) bond motifs is 1. The highest BCUT2D eigenvalue weighted by molar-refractivity contribution is 5.89. The number of aliphatic carboxylic acids is 1. The van der Waals surface area contributed by atoms with Gasteiger partial charge in [-0.05, 0) is 55.0 Å². The normalized spacial score (nSPS) is 24.7. The summed E-state index contributed by atoms with van der Waals surface area (Å²) in [6.07, 6.45) is -13.1. The van der Waals surface area contributed by atoms with Gasteiger partial charge < -0.3 is 90.7 Å². The van der Waals surface area contributed by atoms with Crippen LogP contribution in [0.4, 0.5) is 5.82 Å². The van der Waals surface area contributed by atoms with Gasteiger partial charge in [0.2, 0.25) is 18.3 Å². The summed E-state index contributed by atoms with van der Waals surface area (Å²) in [6.45, 7) is 0.118. The molecule has 20 nitrogen and oxygen atoms in total. The monoisotopic (exact) mass is 822 g/mol. The number of aliphatic hydroxyl groups excluding tert-OH is 5. The molecule has 7 rings (SSSR count). The second-order valence-corrected chi connectivity index (χ2v) is 14.1. The van der Waals surface area contributed by atoms with Crippen molar-refractivity contribution in [3.63, 3.8) is 0 Å². The lowest BCUT2D eigenvalue weighted by molar-refractivity contribution is -0.307. The Balaban J connectivity index is 1.23. The van der Waals surface area contributed by atoms with E-state index in [-0.39, 0.29) is 34.8 Å². The first-order valence-corrected chi connectivity index (χ1v) is 18.2. The number of H-pyrrole nitrogens is 1. The fraction of sp³-hybridized carbons (Fsp3) is 0.333. The van der Waals surface area contributed by atoms with Crippen LogP contribution in [0.25, 0.3) is 22.3 Å². The van der Waals surface area contributed by atoms with Crippen LogP contribution in [0.15, 0.2) is 82.0 Å². The van der Waals surface area contributed by atoms with Crippen molar-refractivity contribution in [1.82, 2.24) is 15.6 Å². The Morgan fingerprint density at radius 1 is 1.02 bits per heavy atom. The van der Waals surface area contributed by atoms with Crippen molar-refractivity contribution in [2.45, 2.75) is 61.2 Å². The van der Waals surface area contributed by atoms with Crippen LogP contribution in [0, 0.1) is 0 Å². The smallest absolute Gasteiger partial charge is 0.336 e. The minimum Gasteiger partial charge on any atom is -0.508 e. The number of nitrogen functional groups attached to an aromatic ring is 1. The summed E-state index contributed by atoms with van der Waals surface area (Å²) in [5.74, 6) is -3.66. The Hall–Kier alpha value is -5.94. The van der Waals surface area contributed by atoms with Gasteiger partial charge in [0.1, 0.15) is 58.0 Å². The number of benzene rings is 3. The molecule has 9 unspecified atom stereocenters. The molecule has 0 amide bonds. The number of ether oxygens (including phenoxy) is 4. The Morgan fingerprint density at radius 2 is 1.78 bits per heavy atom. The highest BCUT2D eigenvalue weighted by Gasteiger charge is 2.59. The fourth-order valence-corrected chi connectivity index (χ4v) is 7.07. The lowest BCUT2D eigenvalue weighted by Crippen LogP contribution is -2.70. The molecular formula is C39H42N4O16. The number of hydrogen-bond acceptors (Lipinski definition) is 18. The van der Waals surface area contributed by atoms with E-state index in [0.29, 0.717) is 30.3 Å². The van der Waals surface area contributed by atoms with Gasteiger partial charge in [0, 0.05) is 48.2 Å². The van der Waals surface area contributed by atoms with Crippen molar-refractivity contribution in [2.24, 2.45) is 0 Å². The van der Waals surface area contributed by atoms with Crippen molar-refractivity contribution < 1.29 is 74.1 Å². The van der Waals surface area contributed by atoms with Crippen LogP contribution in [0.2, 0.25) is 0 Å². The van der Waals surface area contributed by atoms with E-state index in [1.54, 1.807) is 12.1 Å². The number of aromatic hydroxyl groups is 2. The van der Waals surface area contributed by atoms with Crippen molar-refractivity contribution >= 4 is 22.8 Å². The zero-order valence-corrected chi connectivity index (χ0v) is 30.8. The molecule has 2 fully saturated rings. The van der Waals surface area contributed by atoms with E-state index in [1.807, 2.05) is 0 Å². The van der Waals surface area contributed by atoms with E-state index in [9.17, 15) is 55.5 Å². The lowest BCUT2D eigenvalue weighted by atomic mass is 9.79. The van der Waals surface area contributed by atoms with E-state index < -0.39 is 95.4 Å². The Labute approximate surface area is 333 Å². The average Bonchev–Trinajstić information content (AvgIpc) is 3.89. The number of aromatic nitrogens is 1. The van der Waals surface area contributed by atoms with Gasteiger partial charge in [0.15, 0.2) is 29.1 Å². The van der Waals surface area contributed by atoms with Crippen molar-refractivity contribution in [2.75, 3.05) is 25.6 Å². The molecular weight excluding hydrogens is 780 g/mol. The number of aromatic amines is 1.